The third-order valence-electron chi connectivity index (χ3n) is 11.9. The molecule has 0 amide bonds. The molecule has 5 aliphatic rings. The van der Waals surface area contributed by atoms with Crippen molar-refractivity contribution in [1.82, 2.24) is 0 Å². The van der Waals surface area contributed by atoms with E-state index in [0.29, 0.717) is 36.2 Å². The van der Waals surface area contributed by atoms with Crippen molar-refractivity contribution in [3.8, 4) is 0 Å². The van der Waals surface area contributed by atoms with Gasteiger partial charge < -0.3 is 9.47 Å². The number of ether oxygens (including phenoxy) is 2. The van der Waals surface area contributed by atoms with E-state index in [-0.39, 0.29) is 51.6 Å². The first-order valence-electron chi connectivity index (χ1n) is 16.6. The molecule has 2 saturated carbocycles. The SMILES string of the molecule is C=CC(C1=CC(=O)C(OC)=CC1=O)c1ccccc1.CC(=O)OC1(C(C)=O)CCC2C3C=C(C)C4=CC(=O)CCC4(C)C3CCC21C. The molecule has 7 nitrogen and oxygen atoms in total. The van der Waals surface area contributed by atoms with Crippen LogP contribution in [-0.4, -0.2) is 41.8 Å². The Kier molecular flexibility index (Phi) is 9.33. The van der Waals surface area contributed by atoms with Crippen LogP contribution in [0.1, 0.15) is 84.6 Å². The van der Waals surface area contributed by atoms with Crippen molar-refractivity contribution in [2.24, 2.45) is 28.6 Å². The zero-order chi connectivity index (χ0) is 34.3. The van der Waals surface area contributed by atoms with Gasteiger partial charge in [-0.15, -0.1) is 6.58 Å². The summed E-state index contributed by atoms with van der Waals surface area (Å²) in [6, 6.07) is 9.48. The molecule has 6 rings (SSSR count). The van der Waals surface area contributed by atoms with Crippen LogP contribution in [-0.2, 0) is 33.4 Å². The summed E-state index contributed by atoms with van der Waals surface area (Å²) < 4.78 is 10.7. The number of ketones is 4. The molecule has 7 atom stereocenters. The molecular weight excluding hydrogens is 592 g/mol. The molecule has 2 fully saturated rings. The Hall–Kier alpha value is -4.13. The van der Waals surface area contributed by atoms with Crippen LogP contribution in [0.4, 0.5) is 0 Å². The lowest BCUT2D eigenvalue weighted by molar-refractivity contribution is -0.185. The van der Waals surface area contributed by atoms with Crippen LogP contribution in [0.25, 0.3) is 0 Å². The zero-order valence-corrected chi connectivity index (χ0v) is 28.4. The molecule has 5 aliphatic carbocycles. The molecule has 248 valence electrons. The first-order valence-corrected chi connectivity index (χ1v) is 16.6. The molecule has 0 heterocycles. The first-order chi connectivity index (χ1) is 22.2. The summed E-state index contributed by atoms with van der Waals surface area (Å²) in [6.07, 6.45) is 13.4. The maximum absolute atomic E-state index is 12.8. The number of fused-ring (bicyclic) bond motifs is 5. The van der Waals surface area contributed by atoms with Crippen molar-refractivity contribution < 1.29 is 33.4 Å². The summed E-state index contributed by atoms with van der Waals surface area (Å²) in [6.45, 7) is 13.4. The van der Waals surface area contributed by atoms with Crippen LogP contribution in [0.2, 0.25) is 0 Å². The van der Waals surface area contributed by atoms with Crippen LogP contribution >= 0.6 is 0 Å². The van der Waals surface area contributed by atoms with Gasteiger partial charge in [0.2, 0.25) is 5.78 Å². The molecule has 0 N–H and O–H groups in total. The van der Waals surface area contributed by atoms with Crippen LogP contribution in [0.5, 0.6) is 0 Å². The Morgan fingerprint density at radius 2 is 1.62 bits per heavy atom. The maximum Gasteiger partial charge on any atom is 0.303 e. The van der Waals surface area contributed by atoms with Gasteiger partial charge in [-0.3, -0.25) is 24.0 Å². The molecule has 0 radical (unpaired) electrons. The first kappa shape index (κ1) is 34.2. The number of benzene rings is 1. The van der Waals surface area contributed by atoms with E-state index < -0.39 is 5.60 Å². The molecule has 0 bridgehead atoms. The summed E-state index contributed by atoms with van der Waals surface area (Å²) in [5, 5.41) is 0. The van der Waals surface area contributed by atoms with Gasteiger partial charge in [0.25, 0.3) is 0 Å². The lowest BCUT2D eigenvalue weighted by Crippen LogP contribution is -2.58. The molecule has 1 aromatic carbocycles. The third-order valence-corrected chi connectivity index (χ3v) is 11.9. The highest BCUT2D eigenvalue weighted by atomic mass is 16.6. The van der Waals surface area contributed by atoms with E-state index in [4.69, 9.17) is 9.47 Å². The Morgan fingerprint density at radius 3 is 2.23 bits per heavy atom. The Labute approximate surface area is 277 Å². The van der Waals surface area contributed by atoms with Gasteiger partial charge in [0.05, 0.1) is 7.11 Å². The van der Waals surface area contributed by atoms with Crippen LogP contribution in [0.3, 0.4) is 0 Å². The van der Waals surface area contributed by atoms with Crippen LogP contribution < -0.4 is 0 Å². The molecular formula is C40H46O7. The Balaban J connectivity index is 0.000000199. The van der Waals surface area contributed by atoms with Gasteiger partial charge in [-0.2, -0.15) is 0 Å². The Bertz CT molecular complexity index is 1640. The predicted molar refractivity (Wildman–Crippen MR) is 179 cm³/mol. The van der Waals surface area contributed by atoms with Gasteiger partial charge in [0, 0.05) is 36.3 Å². The van der Waals surface area contributed by atoms with E-state index in [1.807, 2.05) is 36.4 Å². The van der Waals surface area contributed by atoms with Gasteiger partial charge in [-0.05, 0) is 92.4 Å². The number of carbonyl (C=O) groups excluding carboxylic acids is 5. The highest BCUT2D eigenvalue weighted by Gasteiger charge is 2.67. The summed E-state index contributed by atoms with van der Waals surface area (Å²) in [5.41, 5.74) is 2.51. The average molecular weight is 639 g/mol. The van der Waals surface area contributed by atoms with Gasteiger partial charge in [-0.25, -0.2) is 0 Å². The fourth-order valence-electron chi connectivity index (χ4n) is 9.54. The topological polar surface area (TPSA) is 104 Å². The second-order valence-corrected chi connectivity index (χ2v) is 14.2. The van der Waals surface area contributed by atoms with Gasteiger partial charge >= 0.3 is 5.97 Å². The second kappa shape index (κ2) is 12.8. The molecule has 7 heteroatoms. The molecule has 0 aromatic heterocycles. The molecule has 0 saturated heterocycles. The summed E-state index contributed by atoms with van der Waals surface area (Å²) >= 11 is 0. The quantitative estimate of drug-likeness (QED) is 0.185. The lowest BCUT2D eigenvalue weighted by Gasteiger charge is -2.58. The number of allylic oxidation sites excluding steroid dienone is 8. The van der Waals surface area contributed by atoms with Crippen LogP contribution in [0, 0.1) is 28.6 Å². The fourth-order valence-corrected chi connectivity index (χ4v) is 9.54. The summed E-state index contributed by atoms with van der Waals surface area (Å²) in [5.74, 6) is 0.308. The monoisotopic (exact) mass is 638 g/mol. The van der Waals surface area contributed by atoms with Crippen molar-refractivity contribution in [2.75, 3.05) is 7.11 Å². The molecule has 47 heavy (non-hydrogen) atoms. The lowest BCUT2D eigenvalue weighted by atomic mass is 9.47. The number of hydrogen-bond donors (Lipinski definition) is 0. The number of carbonyl (C=O) groups is 5. The predicted octanol–water partition coefficient (Wildman–Crippen LogP) is 7.14. The number of methoxy groups -OCH3 is 1. The second-order valence-electron chi connectivity index (χ2n) is 14.2. The standard InChI is InChI=1S/C24H32O4.C16H14O3/c1-14-12-18-19(22(4)9-6-17(27)13-21(14)22)7-10-23(5)20(18)8-11-24(23,15(2)25)28-16(3)26;1-3-12(11-7-5-4-6-8-11)13-9-15(18)16(19-2)10-14(13)17/h12-13,18-20H,6-11H2,1-5H3;3-10,12H,1H2,2H3. The van der Waals surface area contributed by atoms with E-state index in [1.54, 1.807) is 13.0 Å². The number of rotatable bonds is 6. The molecule has 1 aromatic rings. The Morgan fingerprint density at radius 1 is 0.936 bits per heavy atom. The largest absolute Gasteiger partial charge is 0.493 e. The van der Waals surface area contributed by atoms with E-state index in [2.05, 4.69) is 33.4 Å². The minimum atomic E-state index is -0.990. The molecule has 7 unspecified atom stereocenters. The van der Waals surface area contributed by atoms with Gasteiger partial charge in [-0.1, -0.05) is 61.9 Å². The van der Waals surface area contributed by atoms with Crippen molar-refractivity contribution >= 4 is 29.1 Å². The van der Waals surface area contributed by atoms with Crippen LogP contribution in [0.15, 0.2) is 89.8 Å². The fraction of sp³-hybridized carbons (Fsp3) is 0.475. The van der Waals surface area contributed by atoms with E-state index in [1.165, 1.54) is 37.3 Å². The van der Waals surface area contributed by atoms with E-state index in [0.717, 1.165) is 31.2 Å². The average Bonchev–Trinajstić information content (AvgIpc) is 3.33. The van der Waals surface area contributed by atoms with Crippen molar-refractivity contribution in [2.45, 2.75) is 84.7 Å². The normalized spacial score (nSPS) is 33.2. The smallest absolute Gasteiger partial charge is 0.303 e. The summed E-state index contributed by atoms with van der Waals surface area (Å²) in [7, 11) is 1.37. The van der Waals surface area contributed by atoms with Crippen molar-refractivity contribution in [3.05, 3.63) is 95.3 Å². The minimum Gasteiger partial charge on any atom is -0.493 e. The van der Waals surface area contributed by atoms with Gasteiger partial charge in [0.1, 0.15) is 0 Å². The number of hydrogen-bond acceptors (Lipinski definition) is 7. The highest BCUT2D eigenvalue weighted by Crippen LogP contribution is 2.67. The minimum absolute atomic E-state index is 0.0160. The molecule has 0 spiro atoms. The van der Waals surface area contributed by atoms with Crippen molar-refractivity contribution in [1.29, 1.82) is 0 Å². The number of esters is 1. The maximum atomic E-state index is 12.8. The van der Waals surface area contributed by atoms with E-state index in [9.17, 15) is 24.0 Å². The molecule has 0 aliphatic heterocycles. The van der Waals surface area contributed by atoms with Gasteiger partial charge in [0.15, 0.2) is 28.7 Å². The highest BCUT2D eigenvalue weighted by molar-refractivity contribution is 6.19. The summed E-state index contributed by atoms with van der Waals surface area (Å²) in [4.78, 5) is 60.6. The number of Topliss-reactive ketones (excluding diaryl/α,β-unsaturated/α-hetero) is 1. The zero-order valence-electron chi connectivity index (χ0n) is 28.4. The van der Waals surface area contributed by atoms with E-state index >= 15 is 0 Å². The third kappa shape index (κ3) is 5.72. The van der Waals surface area contributed by atoms with Crippen molar-refractivity contribution in [3.63, 3.8) is 0 Å².